The van der Waals surface area contributed by atoms with E-state index in [9.17, 15) is 13.2 Å². The second kappa shape index (κ2) is 6.15. The molecule has 0 radical (unpaired) electrons. The highest BCUT2D eigenvalue weighted by molar-refractivity contribution is 7.80. The molecule has 0 aromatic carbocycles. The molecule has 1 saturated heterocycles. The molecule has 0 saturated carbocycles. The molecule has 0 atom stereocenters. The van der Waals surface area contributed by atoms with E-state index in [1.54, 1.807) is 0 Å². The standard InChI is InChI=1S/C13H17F3N4S/c1-9-2-3-10(11(17)21)12(18-9)20-6-4-19(5-7-20)8-13(14,15)16/h2-3H,4-8H2,1H3,(H2,17,21). The highest BCUT2D eigenvalue weighted by atomic mass is 32.1. The number of hydrogen-bond donors (Lipinski definition) is 1. The van der Waals surface area contributed by atoms with Gasteiger partial charge in [0.2, 0.25) is 0 Å². The number of aryl methyl sites for hydroxylation is 1. The van der Waals surface area contributed by atoms with Gasteiger partial charge in [0.05, 0.1) is 12.1 Å². The smallest absolute Gasteiger partial charge is 0.389 e. The molecular formula is C13H17F3N4S. The summed E-state index contributed by atoms with van der Waals surface area (Å²) in [6.45, 7) is 2.61. The average Bonchev–Trinajstić information content (AvgIpc) is 2.37. The van der Waals surface area contributed by atoms with E-state index < -0.39 is 12.7 Å². The number of nitrogens with two attached hydrogens (primary N) is 1. The summed E-state index contributed by atoms with van der Waals surface area (Å²) < 4.78 is 37.1. The van der Waals surface area contributed by atoms with Crippen LogP contribution in [0.5, 0.6) is 0 Å². The maximum Gasteiger partial charge on any atom is 0.401 e. The van der Waals surface area contributed by atoms with Crippen molar-refractivity contribution < 1.29 is 13.2 Å². The van der Waals surface area contributed by atoms with Crippen LogP contribution in [-0.2, 0) is 0 Å². The van der Waals surface area contributed by atoms with Crippen LogP contribution in [-0.4, -0.2) is 53.8 Å². The Morgan fingerprint density at radius 3 is 2.43 bits per heavy atom. The highest BCUT2D eigenvalue weighted by Crippen LogP contribution is 2.22. The zero-order valence-electron chi connectivity index (χ0n) is 11.7. The van der Waals surface area contributed by atoms with Gasteiger partial charge in [0.1, 0.15) is 10.8 Å². The number of pyridine rings is 1. The van der Waals surface area contributed by atoms with Crippen LogP contribution in [0.25, 0.3) is 0 Å². The molecule has 1 fully saturated rings. The van der Waals surface area contributed by atoms with Crippen molar-refractivity contribution >= 4 is 23.0 Å². The van der Waals surface area contributed by atoms with E-state index in [2.05, 4.69) is 4.98 Å². The molecule has 1 aliphatic rings. The van der Waals surface area contributed by atoms with Crippen LogP contribution in [0.3, 0.4) is 0 Å². The van der Waals surface area contributed by atoms with Crippen molar-refractivity contribution in [3.63, 3.8) is 0 Å². The molecule has 116 valence electrons. The first-order valence-corrected chi connectivity index (χ1v) is 6.98. The van der Waals surface area contributed by atoms with Crippen LogP contribution in [0.15, 0.2) is 12.1 Å². The lowest BCUT2D eigenvalue weighted by atomic mass is 10.2. The van der Waals surface area contributed by atoms with E-state index in [0.717, 1.165) is 5.69 Å². The van der Waals surface area contributed by atoms with E-state index in [1.807, 2.05) is 24.0 Å². The van der Waals surface area contributed by atoms with Crippen LogP contribution < -0.4 is 10.6 Å². The topological polar surface area (TPSA) is 45.4 Å². The molecule has 0 spiro atoms. The third-order valence-electron chi connectivity index (χ3n) is 3.35. The van der Waals surface area contributed by atoms with E-state index in [-0.39, 0.29) is 4.99 Å². The molecule has 2 rings (SSSR count). The molecule has 0 aliphatic carbocycles. The summed E-state index contributed by atoms with van der Waals surface area (Å²) in [5.74, 6) is 0.661. The largest absolute Gasteiger partial charge is 0.401 e. The zero-order chi connectivity index (χ0) is 15.6. The highest BCUT2D eigenvalue weighted by Gasteiger charge is 2.32. The average molecular weight is 318 g/mol. The molecule has 2 N–H and O–H groups in total. The van der Waals surface area contributed by atoms with Crippen LogP contribution in [0.1, 0.15) is 11.3 Å². The van der Waals surface area contributed by atoms with Crippen LogP contribution in [0.4, 0.5) is 19.0 Å². The number of hydrogen-bond acceptors (Lipinski definition) is 4. The van der Waals surface area contributed by atoms with E-state index in [1.165, 1.54) is 4.90 Å². The van der Waals surface area contributed by atoms with Gasteiger partial charge in [-0.2, -0.15) is 13.2 Å². The minimum Gasteiger partial charge on any atom is -0.389 e. The second-order valence-electron chi connectivity index (χ2n) is 5.07. The Kier molecular flexibility index (Phi) is 4.67. The fourth-order valence-corrected chi connectivity index (χ4v) is 2.51. The summed E-state index contributed by atoms with van der Waals surface area (Å²) >= 11 is 5.01. The molecule has 0 amide bonds. The summed E-state index contributed by atoms with van der Waals surface area (Å²) in [7, 11) is 0. The normalized spacial score (nSPS) is 17.0. The summed E-state index contributed by atoms with van der Waals surface area (Å²) in [5.41, 5.74) is 7.18. The van der Waals surface area contributed by atoms with Gasteiger partial charge in [0.25, 0.3) is 0 Å². The van der Waals surface area contributed by atoms with Crippen molar-refractivity contribution in [3.8, 4) is 0 Å². The van der Waals surface area contributed by atoms with E-state index >= 15 is 0 Å². The fourth-order valence-electron chi connectivity index (χ4n) is 2.35. The minimum atomic E-state index is -4.16. The third-order valence-corrected chi connectivity index (χ3v) is 3.57. The van der Waals surface area contributed by atoms with Crippen molar-refractivity contribution in [3.05, 3.63) is 23.4 Å². The summed E-state index contributed by atoms with van der Waals surface area (Å²) in [6, 6.07) is 3.62. The third kappa shape index (κ3) is 4.28. The summed E-state index contributed by atoms with van der Waals surface area (Å²) in [5, 5.41) is 0. The van der Waals surface area contributed by atoms with Gasteiger partial charge >= 0.3 is 6.18 Å². The lowest BCUT2D eigenvalue weighted by Crippen LogP contribution is -2.49. The molecule has 1 aromatic heterocycles. The van der Waals surface area contributed by atoms with Crippen molar-refractivity contribution in [1.82, 2.24) is 9.88 Å². The Bertz CT molecular complexity index is 525. The lowest BCUT2D eigenvalue weighted by molar-refractivity contribution is -0.146. The Morgan fingerprint density at radius 1 is 1.29 bits per heavy atom. The Hall–Kier alpha value is -1.41. The SMILES string of the molecule is Cc1ccc(C(N)=S)c(N2CCN(CC(F)(F)F)CC2)n1. The summed E-state index contributed by atoms with van der Waals surface area (Å²) in [4.78, 5) is 8.02. The van der Waals surface area contributed by atoms with Crippen molar-refractivity contribution in [2.75, 3.05) is 37.6 Å². The number of piperazine rings is 1. The Balaban J connectivity index is 2.09. The number of alkyl halides is 3. The number of anilines is 1. The molecule has 4 nitrogen and oxygen atoms in total. The number of nitrogens with zero attached hydrogens (tertiary/aromatic N) is 3. The van der Waals surface area contributed by atoms with Crippen LogP contribution in [0, 0.1) is 6.92 Å². The quantitative estimate of drug-likeness (QED) is 0.860. The van der Waals surface area contributed by atoms with E-state index in [4.69, 9.17) is 18.0 Å². The number of thiocarbonyl (C=S) groups is 1. The summed E-state index contributed by atoms with van der Waals surface area (Å²) in [6.07, 6.45) is -4.16. The maximum atomic E-state index is 12.4. The molecular weight excluding hydrogens is 301 g/mol. The lowest BCUT2D eigenvalue weighted by Gasteiger charge is -2.36. The van der Waals surface area contributed by atoms with Gasteiger partial charge in [-0.25, -0.2) is 4.98 Å². The van der Waals surface area contributed by atoms with Gasteiger partial charge in [0, 0.05) is 31.9 Å². The molecule has 21 heavy (non-hydrogen) atoms. The molecule has 2 heterocycles. The fraction of sp³-hybridized carbons (Fsp3) is 0.538. The van der Waals surface area contributed by atoms with Crippen LogP contribution >= 0.6 is 12.2 Å². The predicted molar refractivity (Wildman–Crippen MR) is 79.6 cm³/mol. The van der Waals surface area contributed by atoms with Crippen LogP contribution in [0.2, 0.25) is 0 Å². The van der Waals surface area contributed by atoms with Gasteiger partial charge in [-0.05, 0) is 19.1 Å². The van der Waals surface area contributed by atoms with Gasteiger partial charge in [0.15, 0.2) is 0 Å². The predicted octanol–water partition coefficient (Wildman–Crippen LogP) is 1.71. The first-order chi connectivity index (χ1) is 9.76. The minimum absolute atomic E-state index is 0.246. The molecule has 0 bridgehead atoms. The van der Waals surface area contributed by atoms with Crippen molar-refractivity contribution in [1.29, 1.82) is 0 Å². The van der Waals surface area contributed by atoms with Crippen molar-refractivity contribution in [2.24, 2.45) is 5.73 Å². The molecule has 1 aromatic rings. The maximum absolute atomic E-state index is 12.4. The van der Waals surface area contributed by atoms with E-state index in [0.29, 0.717) is 37.6 Å². The number of aromatic nitrogens is 1. The van der Waals surface area contributed by atoms with Gasteiger partial charge in [-0.15, -0.1) is 0 Å². The second-order valence-corrected chi connectivity index (χ2v) is 5.51. The number of rotatable bonds is 3. The Morgan fingerprint density at radius 2 is 1.90 bits per heavy atom. The monoisotopic (exact) mass is 318 g/mol. The molecule has 1 aliphatic heterocycles. The number of halogens is 3. The van der Waals surface area contributed by atoms with Gasteiger partial charge in [-0.3, -0.25) is 4.90 Å². The van der Waals surface area contributed by atoms with Gasteiger partial charge in [-0.1, -0.05) is 12.2 Å². The van der Waals surface area contributed by atoms with Crippen molar-refractivity contribution in [2.45, 2.75) is 13.1 Å². The Labute approximate surface area is 126 Å². The van der Waals surface area contributed by atoms with Gasteiger partial charge < -0.3 is 10.6 Å². The zero-order valence-corrected chi connectivity index (χ0v) is 12.5. The first-order valence-electron chi connectivity index (χ1n) is 6.58. The first kappa shape index (κ1) is 16.0. The molecule has 8 heteroatoms. The molecule has 0 unspecified atom stereocenters.